The van der Waals surface area contributed by atoms with Crippen LogP contribution in [0.3, 0.4) is 0 Å². The molecule has 1 aromatic heterocycles. The van der Waals surface area contributed by atoms with Gasteiger partial charge in [0.25, 0.3) is 5.22 Å². The van der Waals surface area contributed by atoms with Crippen LogP contribution < -0.4 is 4.74 Å². The second-order valence-electron chi connectivity index (χ2n) is 4.55. The highest BCUT2D eigenvalue weighted by Gasteiger charge is 2.30. The summed E-state index contributed by atoms with van der Waals surface area (Å²) >= 11 is 0. The molecule has 0 fully saturated rings. The van der Waals surface area contributed by atoms with Gasteiger partial charge in [0.15, 0.2) is 5.58 Å². The lowest BCUT2D eigenvalue weighted by Gasteiger charge is -2.08. The van der Waals surface area contributed by atoms with E-state index < -0.39 is 6.36 Å². The van der Waals surface area contributed by atoms with Gasteiger partial charge in [-0.2, -0.15) is 0 Å². The van der Waals surface area contributed by atoms with Gasteiger partial charge in [-0.1, -0.05) is 35.1 Å². The number of nitrogens with zero attached hydrogens (tertiary/aromatic N) is 1. The fourth-order valence-corrected chi connectivity index (χ4v) is 5.04. The molecule has 24 heavy (non-hydrogen) atoms. The molecule has 3 nitrogen and oxygen atoms in total. The number of hydrogen-bond acceptors (Lipinski definition) is 6. The monoisotopic (exact) mass is 389 g/mol. The van der Waals surface area contributed by atoms with Gasteiger partial charge in [0.2, 0.25) is 0 Å². The van der Waals surface area contributed by atoms with E-state index in [1.807, 2.05) is 24.3 Å². The zero-order chi connectivity index (χ0) is 17.0. The van der Waals surface area contributed by atoms with E-state index in [4.69, 9.17) is 4.42 Å². The van der Waals surface area contributed by atoms with Crippen LogP contribution in [0, 0.1) is 0 Å². The molecule has 0 aliphatic carbocycles. The molecular weight excluding hydrogens is 379 g/mol. The maximum atomic E-state index is 12.1. The molecule has 3 aromatic rings. The van der Waals surface area contributed by atoms with Crippen LogP contribution in [0.1, 0.15) is 5.56 Å². The third-order valence-electron chi connectivity index (χ3n) is 2.81. The lowest BCUT2D eigenvalue weighted by molar-refractivity contribution is -0.274. The molecule has 0 spiro atoms. The summed E-state index contributed by atoms with van der Waals surface area (Å²) < 4.78 is 45.7. The van der Waals surface area contributed by atoms with Gasteiger partial charge in [0.1, 0.15) is 11.3 Å². The van der Waals surface area contributed by atoms with Crippen molar-refractivity contribution >= 4 is 42.5 Å². The Balaban J connectivity index is 1.46. The number of halogens is 3. The second-order valence-corrected chi connectivity index (χ2v) is 8.57. The minimum atomic E-state index is -4.66. The minimum Gasteiger partial charge on any atom is -0.431 e. The summed E-state index contributed by atoms with van der Waals surface area (Å²) in [6.07, 6.45) is -4.66. The topological polar surface area (TPSA) is 35.3 Å². The summed E-state index contributed by atoms with van der Waals surface area (Å²) in [6.45, 7) is 0. The van der Waals surface area contributed by atoms with Crippen molar-refractivity contribution in [1.29, 1.82) is 0 Å². The molecule has 0 unspecified atom stereocenters. The fourth-order valence-electron chi connectivity index (χ4n) is 1.82. The van der Waals surface area contributed by atoms with Crippen LogP contribution in [0.4, 0.5) is 13.2 Å². The average Bonchev–Trinajstić information content (AvgIpc) is 2.94. The van der Waals surface area contributed by atoms with E-state index in [1.54, 1.807) is 22.9 Å². The van der Waals surface area contributed by atoms with E-state index in [0.717, 1.165) is 16.7 Å². The highest BCUT2D eigenvalue weighted by atomic mass is 33.5. The van der Waals surface area contributed by atoms with E-state index in [2.05, 4.69) is 9.72 Å². The third-order valence-corrected chi connectivity index (χ3v) is 6.50. The highest BCUT2D eigenvalue weighted by Crippen LogP contribution is 2.42. The predicted octanol–water partition coefficient (Wildman–Crippen LogP) is 6.32. The maximum Gasteiger partial charge on any atom is 0.573 e. The molecule has 0 amide bonds. The van der Waals surface area contributed by atoms with Crippen LogP contribution in [-0.4, -0.2) is 11.3 Å². The first-order chi connectivity index (χ1) is 11.5. The van der Waals surface area contributed by atoms with Crippen molar-refractivity contribution in [3.05, 3.63) is 54.1 Å². The molecule has 0 atom stereocenters. The van der Waals surface area contributed by atoms with E-state index in [9.17, 15) is 13.2 Å². The van der Waals surface area contributed by atoms with Crippen LogP contribution in [0.2, 0.25) is 0 Å². The molecular formula is C15H10F3NO2S3. The van der Waals surface area contributed by atoms with Gasteiger partial charge in [0.05, 0.1) is 0 Å². The Kier molecular flexibility index (Phi) is 5.52. The number of rotatable bonds is 6. The number of benzene rings is 2. The van der Waals surface area contributed by atoms with Crippen molar-refractivity contribution in [3.63, 3.8) is 0 Å². The number of fused-ring (bicyclic) bond motifs is 1. The first kappa shape index (κ1) is 17.4. The molecule has 0 aliphatic heterocycles. The summed E-state index contributed by atoms with van der Waals surface area (Å²) in [6, 6.07) is 13.4. The summed E-state index contributed by atoms with van der Waals surface area (Å²) in [5.41, 5.74) is 2.46. The molecule has 0 radical (unpaired) electrons. The van der Waals surface area contributed by atoms with E-state index in [0.29, 0.717) is 11.0 Å². The molecule has 0 aliphatic rings. The molecule has 0 saturated heterocycles. The first-order valence-electron chi connectivity index (χ1n) is 6.66. The SMILES string of the molecule is FC(F)(F)Oc1ccc(CSSSc2nc3ccccc3o2)cc1. The third kappa shape index (κ3) is 5.02. The van der Waals surface area contributed by atoms with Gasteiger partial charge in [0, 0.05) is 16.5 Å². The Morgan fingerprint density at radius 1 is 1.04 bits per heavy atom. The van der Waals surface area contributed by atoms with Crippen molar-refractivity contribution in [2.24, 2.45) is 0 Å². The molecule has 0 bridgehead atoms. The zero-order valence-electron chi connectivity index (χ0n) is 11.9. The smallest absolute Gasteiger partial charge is 0.431 e. The molecule has 0 saturated carbocycles. The van der Waals surface area contributed by atoms with E-state index >= 15 is 0 Å². The molecule has 0 N–H and O–H groups in total. The van der Waals surface area contributed by atoms with Gasteiger partial charge < -0.3 is 9.15 Å². The van der Waals surface area contributed by atoms with Crippen molar-refractivity contribution in [2.75, 3.05) is 0 Å². The van der Waals surface area contributed by atoms with Crippen molar-refractivity contribution < 1.29 is 22.3 Å². The standard InChI is InChI=1S/C15H10F3NO2S3/c16-15(17,18)21-11-7-5-10(6-8-11)9-22-24-23-14-19-12-3-1-2-4-13(12)20-14/h1-8H,9H2. The van der Waals surface area contributed by atoms with Crippen LogP contribution in [0.15, 0.2) is 58.2 Å². The summed E-state index contributed by atoms with van der Waals surface area (Å²) in [5.74, 6) is 0.425. The number of ether oxygens (including phenoxy) is 1. The first-order valence-corrected chi connectivity index (χ1v) is 10.3. The number of oxazole rings is 1. The number of para-hydroxylation sites is 2. The Morgan fingerprint density at radius 3 is 2.50 bits per heavy atom. The largest absolute Gasteiger partial charge is 0.573 e. The van der Waals surface area contributed by atoms with Gasteiger partial charge in [-0.3, -0.25) is 0 Å². The number of alkyl halides is 3. The maximum absolute atomic E-state index is 12.1. The van der Waals surface area contributed by atoms with Gasteiger partial charge in [-0.15, -0.1) is 13.2 Å². The van der Waals surface area contributed by atoms with E-state index in [1.165, 1.54) is 32.8 Å². The Bertz CT molecular complexity index is 773. The highest BCUT2D eigenvalue weighted by molar-refractivity contribution is 9.09. The number of aromatic nitrogens is 1. The Labute approximate surface area is 147 Å². The lowest BCUT2D eigenvalue weighted by atomic mass is 10.2. The zero-order valence-corrected chi connectivity index (χ0v) is 14.4. The molecule has 126 valence electrons. The van der Waals surface area contributed by atoms with Gasteiger partial charge >= 0.3 is 6.36 Å². The Morgan fingerprint density at radius 2 is 1.79 bits per heavy atom. The van der Waals surface area contributed by atoms with Gasteiger partial charge in [-0.05, 0) is 39.7 Å². The quantitative estimate of drug-likeness (QED) is 0.363. The fraction of sp³-hybridized carbons (Fsp3) is 0.133. The lowest BCUT2D eigenvalue weighted by Crippen LogP contribution is -2.16. The number of hydrogen-bond donors (Lipinski definition) is 0. The van der Waals surface area contributed by atoms with Crippen LogP contribution in [0.5, 0.6) is 5.75 Å². The molecule has 9 heteroatoms. The van der Waals surface area contributed by atoms with Crippen molar-refractivity contribution in [3.8, 4) is 5.75 Å². The van der Waals surface area contributed by atoms with Crippen LogP contribution in [0.25, 0.3) is 11.1 Å². The van der Waals surface area contributed by atoms with E-state index in [-0.39, 0.29) is 5.75 Å². The average molecular weight is 389 g/mol. The molecule has 3 rings (SSSR count). The summed E-state index contributed by atoms with van der Waals surface area (Å²) in [5, 5.41) is 0.572. The van der Waals surface area contributed by atoms with Crippen molar-refractivity contribution in [2.45, 2.75) is 17.3 Å². The summed E-state index contributed by atoms with van der Waals surface area (Å²) in [4.78, 5) is 4.34. The second kappa shape index (κ2) is 7.62. The van der Waals surface area contributed by atoms with Crippen molar-refractivity contribution in [1.82, 2.24) is 4.98 Å². The van der Waals surface area contributed by atoms with Crippen LogP contribution in [-0.2, 0) is 5.75 Å². The Hall–Kier alpha value is -1.45. The van der Waals surface area contributed by atoms with Gasteiger partial charge in [-0.25, -0.2) is 4.98 Å². The molecule has 2 aromatic carbocycles. The minimum absolute atomic E-state index is 0.218. The van der Waals surface area contributed by atoms with Crippen LogP contribution >= 0.6 is 31.4 Å². The predicted molar refractivity (Wildman–Crippen MR) is 91.9 cm³/mol. The summed E-state index contributed by atoms with van der Waals surface area (Å²) in [7, 11) is 4.45. The normalized spacial score (nSPS) is 11.8. The molecule has 1 heterocycles.